The van der Waals surface area contributed by atoms with Gasteiger partial charge in [0.25, 0.3) is 0 Å². The smallest absolute Gasteiger partial charge is 0.323 e. The Bertz CT molecular complexity index is 273. The Morgan fingerprint density at radius 3 is 2.38 bits per heavy atom. The third kappa shape index (κ3) is 2.10. The molecule has 0 aromatic rings. The van der Waals surface area contributed by atoms with Crippen molar-refractivity contribution in [2.45, 2.75) is 64.0 Å². The zero-order valence-corrected chi connectivity index (χ0v) is 10.3. The number of rotatable bonds is 3. The van der Waals surface area contributed by atoms with E-state index in [1.54, 1.807) is 0 Å². The van der Waals surface area contributed by atoms with Crippen molar-refractivity contribution < 1.29 is 9.90 Å². The van der Waals surface area contributed by atoms with E-state index in [-0.39, 0.29) is 0 Å². The molecule has 0 spiro atoms. The van der Waals surface area contributed by atoms with E-state index in [0.717, 1.165) is 43.9 Å². The molecular formula is C13H23NO2. The SMILES string of the molecule is CC1CCC(NC2(C(=O)O)CCC2)CC1C. The Kier molecular flexibility index (Phi) is 3.24. The van der Waals surface area contributed by atoms with Gasteiger partial charge in [0.1, 0.15) is 5.54 Å². The molecule has 2 N–H and O–H groups in total. The zero-order chi connectivity index (χ0) is 11.8. The van der Waals surface area contributed by atoms with Crippen molar-refractivity contribution in [2.75, 3.05) is 0 Å². The molecule has 2 aliphatic rings. The van der Waals surface area contributed by atoms with Gasteiger partial charge in [0.15, 0.2) is 0 Å². The van der Waals surface area contributed by atoms with E-state index in [1.807, 2.05) is 0 Å². The topological polar surface area (TPSA) is 49.3 Å². The molecule has 16 heavy (non-hydrogen) atoms. The van der Waals surface area contributed by atoms with E-state index in [0.29, 0.717) is 6.04 Å². The van der Waals surface area contributed by atoms with Crippen LogP contribution in [-0.2, 0) is 4.79 Å². The predicted octanol–water partition coefficient (Wildman–Crippen LogP) is 2.41. The summed E-state index contributed by atoms with van der Waals surface area (Å²) in [6.07, 6.45) is 6.18. The van der Waals surface area contributed by atoms with Crippen LogP contribution in [0, 0.1) is 11.8 Å². The summed E-state index contributed by atoms with van der Waals surface area (Å²) in [5, 5.41) is 12.7. The number of hydrogen-bond donors (Lipinski definition) is 2. The van der Waals surface area contributed by atoms with Crippen LogP contribution in [0.1, 0.15) is 52.4 Å². The van der Waals surface area contributed by atoms with Crippen LogP contribution in [0.5, 0.6) is 0 Å². The highest BCUT2D eigenvalue weighted by atomic mass is 16.4. The van der Waals surface area contributed by atoms with Crippen LogP contribution < -0.4 is 5.32 Å². The monoisotopic (exact) mass is 225 g/mol. The molecule has 0 bridgehead atoms. The Labute approximate surface area is 97.6 Å². The molecule has 3 atom stereocenters. The maximum absolute atomic E-state index is 11.3. The second kappa shape index (κ2) is 4.36. The van der Waals surface area contributed by atoms with E-state index in [2.05, 4.69) is 19.2 Å². The minimum absolute atomic E-state index is 0.419. The largest absolute Gasteiger partial charge is 0.480 e. The lowest BCUT2D eigenvalue weighted by Gasteiger charge is -2.44. The van der Waals surface area contributed by atoms with E-state index in [1.165, 1.54) is 6.42 Å². The number of nitrogens with one attached hydrogen (secondary N) is 1. The maximum Gasteiger partial charge on any atom is 0.323 e. The molecule has 0 radical (unpaired) electrons. The second-order valence-corrected chi connectivity index (χ2v) is 5.85. The lowest BCUT2D eigenvalue weighted by molar-refractivity contribution is -0.149. The summed E-state index contributed by atoms with van der Waals surface area (Å²) in [6.45, 7) is 4.59. The summed E-state index contributed by atoms with van der Waals surface area (Å²) >= 11 is 0. The number of carboxylic acids is 1. The fourth-order valence-corrected chi connectivity index (χ4v) is 3.02. The lowest BCUT2D eigenvalue weighted by Crippen LogP contribution is -2.61. The maximum atomic E-state index is 11.3. The van der Waals surface area contributed by atoms with Gasteiger partial charge in [-0.1, -0.05) is 13.8 Å². The van der Waals surface area contributed by atoms with Crippen LogP contribution in [-0.4, -0.2) is 22.7 Å². The van der Waals surface area contributed by atoms with Crippen molar-refractivity contribution in [1.82, 2.24) is 5.32 Å². The van der Waals surface area contributed by atoms with Crippen LogP contribution in [0.15, 0.2) is 0 Å². The summed E-state index contributed by atoms with van der Waals surface area (Å²) in [7, 11) is 0. The van der Waals surface area contributed by atoms with Gasteiger partial charge in [-0.25, -0.2) is 0 Å². The van der Waals surface area contributed by atoms with Crippen molar-refractivity contribution in [3.63, 3.8) is 0 Å². The van der Waals surface area contributed by atoms with Gasteiger partial charge in [-0.3, -0.25) is 10.1 Å². The Balaban J connectivity index is 1.92. The highest BCUT2D eigenvalue weighted by Crippen LogP contribution is 2.36. The van der Waals surface area contributed by atoms with Gasteiger partial charge in [-0.05, 0) is 50.4 Å². The highest BCUT2D eigenvalue weighted by molar-refractivity contribution is 5.80. The van der Waals surface area contributed by atoms with Crippen molar-refractivity contribution in [3.05, 3.63) is 0 Å². The van der Waals surface area contributed by atoms with Gasteiger partial charge in [0.05, 0.1) is 0 Å². The van der Waals surface area contributed by atoms with E-state index >= 15 is 0 Å². The fourth-order valence-electron chi connectivity index (χ4n) is 3.02. The normalized spacial score (nSPS) is 37.8. The molecule has 2 saturated carbocycles. The van der Waals surface area contributed by atoms with Crippen molar-refractivity contribution >= 4 is 5.97 Å². The molecule has 0 aliphatic heterocycles. The first-order valence-electron chi connectivity index (χ1n) is 6.54. The molecule has 2 aliphatic carbocycles. The molecule has 3 nitrogen and oxygen atoms in total. The molecule has 3 heteroatoms. The van der Waals surface area contributed by atoms with Crippen molar-refractivity contribution in [1.29, 1.82) is 0 Å². The van der Waals surface area contributed by atoms with Gasteiger partial charge >= 0.3 is 5.97 Å². The van der Waals surface area contributed by atoms with Crippen molar-refractivity contribution in [2.24, 2.45) is 11.8 Å². The van der Waals surface area contributed by atoms with E-state index < -0.39 is 11.5 Å². The van der Waals surface area contributed by atoms with Crippen LogP contribution in [0.2, 0.25) is 0 Å². The van der Waals surface area contributed by atoms with Gasteiger partial charge in [-0.15, -0.1) is 0 Å². The summed E-state index contributed by atoms with van der Waals surface area (Å²) in [5.41, 5.74) is -0.578. The minimum atomic E-state index is -0.648. The highest BCUT2D eigenvalue weighted by Gasteiger charge is 2.46. The van der Waals surface area contributed by atoms with E-state index in [9.17, 15) is 9.90 Å². The predicted molar refractivity (Wildman–Crippen MR) is 63.3 cm³/mol. The third-order valence-electron chi connectivity index (χ3n) is 4.70. The van der Waals surface area contributed by atoms with Crippen LogP contribution >= 0.6 is 0 Å². The molecule has 0 aromatic heterocycles. The average Bonchev–Trinajstić information content (AvgIpc) is 2.16. The average molecular weight is 225 g/mol. The summed E-state index contributed by atoms with van der Waals surface area (Å²) in [6, 6.07) is 0.419. The molecular weight excluding hydrogens is 202 g/mol. The molecule has 0 aromatic carbocycles. The number of aliphatic carboxylic acids is 1. The van der Waals surface area contributed by atoms with Crippen LogP contribution in [0.25, 0.3) is 0 Å². The standard InChI is InChI=1S/C13H23NO2/c1-9-4-5-11(8-10(9)2)14-13(12(15)16)6-3-7-13/h9-11,14H,3-8H2,1-2H3,(H,15,16). The Morgan fingerprint density at radius 1 is 1.25 bits per heavy atom. The van der Waals surface area contributed by atoms with Gasteiger partial charge in [-0.2, -0.15) is 0 Å². The first-order chi connectivity index (χ1) is 7.53. The molecule has 3 unspecified atom stereocenters. The first-order valence-corrected chi connectivity index (χ1v) is 6.54. The zero-order valence-electron chi connectivity index (χ0n) is 10.3. The quantitative estimate of drug-likeness (QED) is 0.775. The molecule has 2 rings (SSSR count). The summed E-state index contributed by atoms with van der Waals surface area (Å²) in [5.74, 6) is 0.863. The number of hydrogen-bond acceptors (Lipinski definition) is 2. The minimum Gasteiger partial charge on any atom is -0.480 e. The Morgan fingerprint density at radius 2 is 1.94 bits per heavy atom. The van der Waals surface area contributed by atoms with E-state index in [4.69, 9.17) is 0 Å². The molecule has 0 amide bonds. The fraction of sp³-hybridized carbons (Fsp3) is 0.923. The molecule has 92 valence electrons. The third-order valence-corrected chi connectivity index (χ3v) is 4.70. The lowest BCUT2D eigenvalue weighted by atomic mass is 9.73. The van der Waals surface area contributed by atoms with Crippen molar-refractivity contribution in [3.8, 4) is 0 Å². The molecule has 0 saturated heterocycles. The van der Waals surface area contributed by atoms with Gasteiger partial charge in [0.2, 0.25) is 0 Å². The summed E-state index contributed by atoms with van der Waals surface area (Å²) in [4.78, 5) is 11.3. The summed E-state index contributed by atoms with van der Waals surface area (Å²) < 4.78 is 0. The first kappa shape index (κ1) is 11.9. The van der Waals surface area contributed by atoms with Crippen LogP contribution in [0.3, 0.4) is 0 Å². The van der Waals surface area contributed by atoms with Crippen LogP contribution in [0.4, 0.5) is 0 Å². The second-order valence-electron chi connectivity index (χ2n) is 5.85. The van der Waals surface area contributed by atoms with Gasteiger partial charge < -0.3 is 5.11 Å². The van der Waals surface area contributed by atoms with Gasteiger partial charge in [0, 0.05) is 6.04 Å². The molecule has 2 fully saturated rings. The number of carboxylic acid groups (broad SMARTS) is 1. The molecule has 0 heterocycles. The number of carbonyl (C=O) groups is 1. The Hall–Kier alpha value is -0.570.